The number of nitrogens with zero attached hydrogens (tertiary/aromatic N) is 3. The maximum absolute atomic E-state index is 6.28. The van der Waals surface area contributed by atoms with Crippen molar-refractivity contribution in [2.24, 2.45) is 0 Å². The quantitative estimate of drug-likeness (QED) is 0.614. The Morgan fingerprint density at radius 3 is 2.73 bits per heavy atom. The minimum atomic E-state index is 0.488. The Morgan fingerprint density at radius 1 is 1.15 bits per heavy atom. The SMILES string of the molecule is COc1ccccc1-c1csc(C2CCN(c3ncccc3Cl)CC2)n1. The fraction of sp³-hybridized carbons (Fsp3) is 0.300. The van der Waals surface area contributed by atoms with Gasteiger partial charge in [-0.1, -0.05) is 23.7 Å². The van der Waals surface area contributed by atoms with Gasteiger partial charge in [0, 0.05) is 36.1 Å². The number of hydrogen-bond donors (Lipinski definition) is 0. The number of rotatable bonds is 4. The molecule has 26 heavy (non-hydrogen) atoms. The first-order valence-corrected chi connectivity index (χ1v) is 9.96. The number of pyridine rings is 1. The molecule has 4 rings (SSSR count). The lowest BCUT2D eigenvalue weighted by Crippen LogP contribution is -2.33. The van der Waals surface area contributed by atoms with Gasteiger partial charge in [-0.05, 0) is 37.1 Å². The molecule has 3 aromatic rings. The molecule has 0 bridgehead atoms. The van der Waals surface area contributed by atoms with Crippen molar-refractivity contribution in [3.8, 4) is 17.0 Å². The normalized spacial score (nSPS) is 15.2. The second-order valence-electron chi connectivity index (χ2n) is 6.34. The topological polar surface area (TPSA) is 38.2 Å². The van der Waals surface area contributed by atoms with Gasteiger partial charge in [-0.25, -0.2) is 9.97 Å². The van der Waals surface area contributed by atoms with E-state index < -0.39 is 0 Å². The zero-order chi connectivity index (χ0) is 17.9. The first-order valence-electron chi connectivity index (χ1n) is 8.70. The number of benzene rings is 1. The standard InChI is InChI=1S/C20H20ClN3OS/c1-25-18-7-3-2-5-15(18)17-13-26-20(23-17)14-8-11-24(12-9-14)19-16(21)6-4-10-22-19/h2-7,10,13-14H,8-9,11-12H2,1H3. The van der Waals surface area contributed by atoms with Crippen LogP contribution >= 0.6 is 22.9 Å². The molecule has 4 nitrogen and oxygen atoms in total. The Balaban J connectivity index is 1.47. The summed E-state index contributed by atoms with van der Waals surface area (Å²) < 4.78 is 5.47. The summed E-state index contributed by atoms with van der Waals surface area (Å²) in [5.41, 5.74) is 2.05. The summed E-state index contributed by atoms with van der Waals surface area (Å²) in [6.07, 6.45) is 3.92. The molecule has 134 valence electrons. The van der Waals surface area contributed by atoms with Crippen LogP contribution in [0.5, 0.6) is 5.75 Å². The average Bonchev–Trinajstić information content (AvgIpc) is 3.18. The number of hydrogen-bond acceptors (Lipinski definition) is 5. The van der Waals surface area contributed by atoms with Gasteiger partial charge in [0.05, 0.1) is 22.8 Å². The lowest BCUT2D eigenvalue weighted by atomic mass is 9.97. The van der Waals surface area contributed by atoms with Crippen LogP contribution in [0.4, 0.5) is 5.82 Å². The number of piperidine rings is 1. The van der Waals surface area contributed by atoms with Crippen molar-refractivity contribution in [1.82, 2.24) is 9.97 Å². The Labute approximate surface area is 162 Å². The average molecular weight is 386 g/mol. The molecule has 0 saturated carbocycles. The molecule has 1 aliphatic heterocycles. The van der Waals surface area contributed by atoms with Crippen molar-refractivity contribution < 1.29 is 4.74 Å². The van der Waals surface area contributed by atoms with E-state index in [4.69, 9.17) is 21.3 Å². The Morgan fingerprint density at radius 2 is 1.96 bits per heavy atom. The van der Waals surface area contributed by atoms with Crippen molar-refractivity contribution in [3.63, 3.8) is 0 Å². The van der Waals surface area contributed by atoms with Gasteiger partial charge in [-0.15, -0.1) is 11.3 Å². The summed E-state index contributed by atoms with van der Waals surface area (Å²) in [6, 6.07) is 11.8. The first-order chi connectivity index (χ1) is 12.8. The molecule has 0 spiro atoms. The van der Waals surface area contributed by atoms with Gasteiger partial charge in [0.25, 0.3) is 0 Å². The smallest absolute Gasteiger partial charge is 0.147 e. The third kappa shape index (κ3) is 3.41. The van der Waals surface area contributed by atoms with Crippen LogP contribution in [0.2, 0.25) is 5.02 Å². The molecule has 0 unspecified atom stereocenters. The largest absolute Gasteiger partial charge is 0.496 e. The van der Waals surface area contributed by atoms with Gasteiger partial charge in [0.2, 0.25) is 0 Å². The molecule has 0 aliphatic carbocycles. The van der Waals surface area contributed by atoms with Gasteiger partial charge in [-0.2, -0.15) is 0 Å². The van der Waals surface area contributed by atoms with Crippen LogP contribution in [0, 0.1) is 0 Å². The maximum Gasteiger partial charge on any atom is 0.147 e. The fourth-order valence-electron chi connectivity index (χ4n) is 3.40. The van der Waals surface area contributed by atoms with Gasteiger partial charge in [0.1, 0.15) is 11.6 Å². The second-order valence-corrected chi connectivity index (χ2v) is 7.64. The van der Waals surface area contributed by atoms with Gasteiger partial charge in [0.15, 0.2) is 0 Å². The molecule has 1 saturated heterocycles. The molecule has 1 aliphatic rings. The van der Waals surface area contributed by atoms with Crippen molar-refractivity contribution in [3.05, 3.63) is 58.0 Å². The highest BCUT2D eigenvalue weighted by atomic mass is 35.5. The Bertz CT molecular complexity index is 890. The van der Waals surface area contributed by atoms with Crippen LogP contribution in [0.15, 0.2) is 48.0 Å². The minimum absolute atomic E-state index is 0.488. The molecule has 0 atom stereocenters. The van der Waals surface area contributed by atoms with E-state index in [1.807, 2.05) is 30.3 Å². The number of halogens is 1. The molecular weight excluding hydrogens is 366 g/mol. The summed E-state index contributed by atoms with van der Waals surface area (Å²) >= 11 is 8.03. The molecule has 0 N–H and O–H groups in total. The highest BCUT2D eigenvalue weighted by Crippen LogP contribution is 2.37. The first kappa shape index (κ1) is 17.3. The summed E-state index contributed by atoms with van der Waals surface area (Å²) in [4.78, 5) is 11.6. The number of anilines is 1. The van der Waals surface area contributed by atoms with Crippen LogP contribution < -0.4 is 9.64 Å². The summed E-state index contributed by atoms with van der Waals surface area (Å²) in [5.74, 6) is 2.24. The summed E-state index contributed by atoms with van der Waals surface area (Å²) in [7, 11) is 1.70. The molecule has 6 heteroatoms. The van der Waals surface area contributed by atoms with Crippen LogP contribution in [0.3, 0.4) is 0 Å². The zero-order valence-electron chi connectivity index (χ0n) is 14.6. The Hall–Kier alpha value is -2.11. The van der Waals surface area contributed by atoms with Gasteiger partial charge >= 0.3 is 0 Å². The molecule has 0 amide bonds. The van der Waals surface area contributed by atoms with Crippen LogP contribution in [-0.2, 0) is 0 Å². The van der Waals surface area contributed by atoms with E-state index in [0.29, 0.717) is 5.92 Å². The molecule has 2 aromatic heterocycles. The van der Waals surface area contributed by atoms with E-state index in [-0.39, 0.29) is 0 Å². The number of thiazole rings is 1. The lowest BCUT2D eigenvalue weighted by Gasteiger charge is -2.32. The number of para-hydroxylation sites is 1. The second kappa shape index (κ2) is 7.64. The van der Waals surface area contributed by atoms with Crippen molar-refractivity contribution in [1.29, 1.82) is 0 Å². The van der Waals surface area contributed by atoms with E-state index in [2.05, 4.69) is 21.3 Å². The molecule has 3 heterocycles. The van der Waals surface area contributed by atoms with E-state index in [1.54, 1.807) is 24.6 Å². The Kier molecular flexibility index (Phi) is 5.09. The van der Waals surface area contributed by atoms with Crippen molar-refractivity contribution in [2.45, 2.75) is 18.8 Å². The zero-order valence-corrected chi connectivity index (χ0v) is 16.1. The number of ether oxygens (including phenoxy) is 1. The summed E-state index contributed by atoms with van der Waals surface area (Å²) in [5, 5.41) is 4.06. The van der Waals surface area contributed by atoms with E-state index in [9.17, 15) is 0 Å². The van der Waals surface area contributed by atoms with Crippen molar-refractivity contribution in [2.75, 3.05) is 25.1 Å². The fourth-order valence-corrected chi connectivity index (χ4v) is 4.64. The minimum Gasteiger partial charge on any atom is -0.496 e. The maximum atomic E-state index is 6.28. The lowest BCUT2D eigenvalue weighted by molar-refractivity contribution is 0.416. The van der Waals surface area contributed by atoms with E-state index >= 15 is 0 Å². The summed E-state index contributed by atoms with van der Waals surface area (Å²) in [6.45, 7) is 1.90. The van der Waals surface area contributed by atoms with Crippen molar-refractivity contribution >= 4 is 28.8 Å². The van der Waals surface area contributed by atoms with E-state index in [0.717, 1.165) is 53.8 Å². The number of aromatic nitrogens is 2. The highest BCUT2D eigenvalue weighted by molar-refractivity contribution is 7.10. The monoisotopic (exact) mass is 385 g/mol. The molecule has 1 fully saturated rings. The third-order valence-electron chi connectivity index (χ3n) is 4.79. The predicted octanol–water partition coefficient (Wildman–Crippen LogP) is 5.25. The van der Waals surface area contributed by atoms with Gasteiger partial charge in [-0.3, -0.25) is 0 Å². The highest BCUT2D eigenvalue weighted by Gasteiger charge is 2.25. The van der Waals surface area contributed by atoms with Crippen LogP contribution in [0.1, 0.15) is 23.8 Å². The molecule has 0 radical (unpaired) electrons. The van der Waals surface area contributed by atoms with Crippen LogP contribution in [-0.4, -0.2) is 30.2 Å². The van der Waals surface area contributed by atoms with Crippen LogP contribution in [0.25, 0.3) is 11.3 Å². The van der Waals surface area contributed by atoms with E-state index in [1.165, 1.54) is 5.01 Å². The predicted molar refractivity (Wildman–Crippen MR) is 108 cm³/mol. The molecular formula is C20H20ClN3OS. The third-order valence-corrected chi connectivity index (χ3v) is 6.09. The number of methoxy groups -OCH3 is 1. The van der Waals surface area contributed by atoms with Gasteiger partial charge < -0.3 is 9.64 Å². The molecule has 1 aromatic carbocycles.